The van der Waals surface area contributed by atoms with E-state index in [-0.39, 0.29) is 5.91 Å². The summed E-state index contributed by atoms with van der Waals surface area (Å²) >= 11 is 0. The number of rotatable bonds is 1. The highest BCUT2D eigenvalue weighted by molar-refractivity contribution is 5.96. The Morgan fingerprint density at radius 2 is 2.12 bits per heavy atom. The Labute approximate surface area is 102 Å². The van der Waals surface area contributed by atoms with Crippen molar-refractivity contribution >= 4 is 5.91 Å². The van der Waals surface area contributed by atoms with Crippen LogP contribution in [-0.4, -0.2) is 33.6 Å². The number of nitrogens with one attached hydrogen (secondary N) is 1. The van der Waals surface area contributed by atoms with Gasteiger partial charge in [0.1, 0.15) is 0 Å². The summed E-state index contributed by atoms with van der Waals surface area (Å²) in [5, 5.41) is 6.98. The molecule has 2 heterocycles. The van der Waals surface area contributed by atoms with E-state index in [1.54, 1.807) is 0 Å². The van der Waals surface area contributed by atoms with Crippen molar-refractivity contribution < 1.29 is 4.79 Å². The number of aryl methyl sites for hydroxylation is 2. The minimum atomic E-state index is 0.133. The van der Waals surface area contributed by atoms with E-state index in [1.165, 1.54) is 0 Å². The maximum Gasteiger partial charge on any atom is 0.257 e. The minimum Gasteiger partial charge on any atom is -0.336 e. The van der Waals surface area contributed by atoms with E-state index in [0.29, 0.717) is 6.04 Å². The van der Waals surface area contributed by atoms with Gasteiger partial charge < -0.3 is 4.90 Å². The zero-order valence-corrected chi connectivity index (χ0v) is 11.1. The fourth-order valence-corrected chi connectivity index (χ4v) is 2.72. The maximum atomic E-state index is 12.5. The number of H-pyrrole nitrogens is 1. The van der Waals surface area contributed by atoms with Crippen LogP contribution in [0.3, 0.4) is 0 Å². The Morgan fingerprint density at radius 3 is 2.65 bits per heavy atom. The average molecular weight is 235 g/mol. The Kier molecular flexibility index (Phi) is 3.22. The van der Waals surface area contributed by atoms with E-state index >= 15 is 0 Å². The molecule has 4 nitrogen and oxygen atoms in total. The normalized spacial score (nSPS) is 25.1. The molecule has 1 aliphatic rings. The fourth-order valence-electron chi connectivity index (χ4n) is 2.72. The molecule has 94 valence electrons. The van der Waals surface area contributed by atoms with Gasteiger partial charge in [-0.1, -0.05) is 6.92 Å². The van der Waals surface area contributed by atoms with Crippen molar-refractivity contribution in [1.29, 1.82) is 0 Å². The number of piperidine rings is 1. The molecule has 1 amide bonds. The standard InChI is InChI=1S/C13H21N3O/c1-8-5-6-16(9(2)7-8)13(17)12-10(3)14-15-11(12)4/h8-9H,5-7H2,1-4H3,(H,14,15). The van der Waals surface area contributed by atoms with Crippen molar-refractivity contribution in [3.05, 3.63) is 17.0 Å². The Morgan fingerprint density at radius 1 is 1.41 bits per heavy atom. The van der Waals surface area contributed by atoms with Crippen molar-refractivity contribution in [2.45, 2.75) is 46.6 Å². The van der Waals surface area contributed by atoms with Crippen LogP contribution < -0.4 is 0 Å². The van der Waals surface area contributed by atoms with Gasteiger partial charge in [-0.2, -0.15) is 5.10 Å². The van der Waals surface area contributed by atoms with Gasteiger partial charge in [0, 0.05) is 18.3 Å². The lowest BCUT2D eigenvalue weighted by atomic mass is 9.92. The second-order valence-electron chi connectivity index (χ2n) is 5.29. The quantitative estimate of drug-likeness (QED) is 0.812. The van der Waals surface area contributed by atoms with Gasteiger partial charge in [0.25, 0.3) is 5.91 Å². The molecule has 0 spiro atoms. The van der Waals surface area contributed by atoms with Gasteiger partial charge in [0.15, 0.2) is 0 Å². The van der Waals surface area contributed by atoms with Crippen LogP contribution in [0.1, 0.15) is 48.4 Å². The fraction of sp³-hybridized carbons (Fsp3) is 0.692. The third-order valence-corrected chi connectivity index (χ3v) is 3.74. The largest absolute Gasteiger partial charge is 0.336 e. The van der Waals surface area contributed by atoms with Crippen molar-refractivity contribution in [1.82, 2.24) is 15.1 Å². The van der Waals surface area contributed by atoms with Gasteiger partial charge in [-0.05, 0) is 39.5 Å². The van der Waals surface area contributed by atoms with Crippen LogP contribution in [0.25, 0.3) is 0 Å². The molecule has 1 aromatic rings. The summed E-state index contributed by atoms with van der Waals surface area (Å²) in [4.78, 5) is 14.5. The van der Waals surface area contributed by atoms with E-state index in [2.05, 4.69) is 24.0 Å². The summed E-state index contributed by atoms with van der Waals surface area (Å²) in [6.07, 6.45) is 2.20. The summed E-state index contributed by atoms with van der Waals surface area (Å²) in [7, 11) is 0. The third-order valence-electron chi connectivity index (χ3n) is 3.74. The molecule has 0 aromatic carbocycles. The number of likely N-dealkylation sites (tertiary alicyclic amines) is 1. The first-order valence-corrected chi connectivity index (χ1v) is 6.33. The first-order valence-electron chi connectivity index (χ1n) is 6.33. The van der Waals surface area contributed by atoms with Crippen molar-refractivity contribution in [2.24, 2.45) is 5.92 Å². The number of aromatic nitrogens is 2. The number of aromatic amines is 1. The van der Waals surface area contributed by atoms with E-state index in [0.717, 1.165) is 42.3 Å². The number of hydrogen-bond acceptors (Lipinski definition) is 2. The first-order chi connectivity index (χ1) is 8.00. The molecule has 1 aromatic heterocycles. The van der Waals surface area contributed by atoms with Gasteiger partial charge in [0.05, 0.1) is 11.3 Å². The molecule has 0 aliphatic carbocycles. The summed E-state index contributed by atoms with van der Waals surface area (Å²) < 4.78 is 0. The highest BCUT2D eigenvalue weighted by atomic mass is 16.2. The van der Waals surface area contributed by atoms with Crippen LogP contribution in [0.5, 0.6) is 0 Å². The average Bonchev–Trinajstić information content (AvgIpc) is 2.58. The summed E-state index contributed by atoms with van der Waals surface area (Å²) in [6.45, 7) is 9.05. The van der Waals surface area contributed by atoms with Gasteiger partial charge in [-0.3, -0.25) is 9.89 Å². The number of carbonyl (C=O) groups excluding carboxylic acids is 1. The van der Waals surface area contributed by atoms with Gasteiger partial charge >= 0.3 is 0 Å². The third kappa shape index (κ3) is 2.21. The number of hydrogen-bond donors (Lipinski definition) is 1. The van der Waals surface area contributed by atoms with Gasteiger partial charge in [-0.15, -0.1) is 0 Å². The molecule has 1 saturated heterocycles. The van der Waals surface area contributed by atoms with Crippen molar-refractivity contribution in [2.75, 3.05) is 6.54 Å². The van der Waals surface area contributed by atoms with E-state index in [1.807, 2.05) is 18.7 Å². The molecule has 1 fully saturated rings. The zero-order chi connectivity index (χ0) is 12.6. The molecule has 0 radical (unpaired) electrons. The molecule has 17 heavy (non-hydrogen) atoms. The minimum absolute atomic E-state index is 0.133. The Balaban J connectivity index is 2.21. The second-order valence-corrected chi connectivity index (χ2v) is 5.29. The number of carbonyl (C=O) groups is 1. The topological polar surface area (TPSA) is 49.0 Å². The molecular weight excluding hydrogens is 214 g/mol. The number of amides is 1. The molecule has 4 heteroatoms. The predicted molar refractivity (Wildman–Crippen MR) is 67.0 cm³/mol. The smallest absolute Gasteiger partial charge is 0.257 e. The van der Waals surface area contributed by atoms with Crippen LogP contribution in [0.4, 0.5) is 0 Å². The first kappa shape index (κ1) is 12.1. The van der Waals surface area contributed by atoms with Crippen LogP contribution in [0, 0.1) is 19.8 Å². The van der Waals surface area contributed by atoms with Crippen molar-refractivity contribution in [3.63, 3.8) is 0 Å². The van der Waals surface area contributed by atoms with Crippen LogP contribution in [-0.2, 0) is 0 Å². The lowest BCUT2D eigenvalue weighted by Crippen LogP contribution is -2.44. The molecule has 2 rings (SSSR count). The lowest BCUT2D eigenvalue weighted by molar-refractivity contribution is 0.0587. The predicted octanol–water partition coefficient (Wildman–Crippen LogP) is 2.29. The highest BCUT2D eigenvalue weighted by Gasteiger charge is 2.29. The lowest BCUT2D eigenvalue weighted by Gasteiger charge is -2.36. The van der Waals surface area contributed by atoms with Crippen LogP contribution in [0.15, 0.2) is 0 Å². The second kappa shape index (κ2) is 4.51. The zero-order valence-electron chi connectivity index (χ0n) is 11.1. The van der Waals surface area contributed by atoms with E-state index in [9.17, 15) is 4.79 Å². The number of nitrogens with zero attached hydrogens (tertiary/aromatic N) is 2. The SMILES string of the molecule is Cc1n[nH]c(C)c1C(=O)N1CCC(C)CC1C. The van der Waals surface area contributed by atoms with E-state index in [4.69, 9.17) is 0 Å². The summed E-state index contributed by atoms with van der Waals surface area (Å²) in [5.41, 5.74) is 2.43. The highest BCUT2D eigenvalue weighted by Crippen LogP contribution is 2.25. The molecule has 0 saturated carbocycles. The van der Waals surface area contributed by atoms with Crippen LogP contribution >= 0.6 is 0 Å². The molecule has 1 N–H and O–H groups in total. The van der Waals surface area contributed by atoms with E-state index < -0.39 is 0 Å². The monoisotopic (exact) mass is 235 g/mol. The molecular formula is C13H21N3O. The molecule has 2 atom stereocenters. The van der Waals surface area contributed by atoms with Gasteiger partial charge in [-0.25, -0.2) is 0 Å². The van der Waals surface area contributed by atoms with Crippen molar-refractivity contribution in [3.8, 4) is 0 Å². The Bertz CT molecular complexity index is 405. The maximum absolute atomic E-state index is 12.5. The Hall–Kier alpha value is -1.32. The van der Waals surface area contributed by atoms with Crippen LogP contribution in [0.2, 0.25) is 0 Å². The van der Waals surface area contributed by atoms with Gasteiger partial charge in [0.2, 0.25) is 0 Å². The molecule has 2 unspecified atom stereocenters. The summed E-state index contributed by atoms with van der Waals surface area (Å²) in [6, 6.07) is 0.333. The molecule has 1 aliphatic heterocycles. The summed E-state index contributed by atoms with van der Waals surface area (Å²) in [5.74, 6) is 0.855. The molecule has 0 bridgehead atoms.